The summed E-state index contributed by atoms with van der Waals surface area (Å²) in [5.74, 6) is 0. The van der Waals surface area contributed by atoms with E-state index < -0.39 is 0 Å². The monoisotopic (exact) mass is 247 g/mol. The third-order valence-corrected chi connectivity index (χ3v) is 3.95. The second-order valence-corrected chi connectivity index (χ2v) is 5.08. The van der Waals surface area contributed by atoms with Crippen LogP contribution in [0, 0.1) is 0 Å². The zero-order valence-electron chi connectivity index (χ0n) is 9.78. The third-order valence-electron chi connectivity index (χ3n) is 3.61. The molecule has 0 amide bonds. The van der Waals surface area contributed by atoms with E-state index >= 15 is 0 Å². The number of nitrogens with one attached hydrogen (secondary N) is 2. The Morgan fingerprint density at radius 1 is 1.18 bits per heavy atom. The second kappa shape index (κ2) is 4.63. The van der Waals surface area contributed by atoms with Crippen LogP contribution < -0.4 is 10.6 Å². The number of hydrogen-bond donors (Lipinski definition) is 2. The van der Waals surface area contributed by atoms with Crippen molar-refractivity contribution in [2.24, 2.45) is 0 Å². The quantitative estimate of drug-likeness (QED) is 0.742. The van der Waals surface area contributed by atoms with Crippen molar-refractivity contribution in [3.63, 3.8) is 0 Å². The minimum absolute atomic E-state index is 0.588. The Labute approximate surface area is 107 Å². The van der Waals surface area contributed by atoms with E-state index in [1.807, 2.05) is 0 Å². The molecule has 0 spiro atoms. The number of para-hydroxylation sites is 1. The summed E-state index contributed by atoms with van der Waals surface area (Å²) in [6.07, 6.45) is 2.37. The second-order valence-electron chi connectivity index (χ2n) is 4.70. The molecular weight excluding hydrogens is 230 g/mol. The molecule has 0 atom stereocenters. The van der Waals surface area contributed by atoms with E-state index in [2.05, 4.69) is 39.8 Å². The molecule has 0 unspecified atom stereocenters. The fraction of sp³-hybridized carbons (Fsp3) is 0.462. The van der Waals surface area contributed by atoms with Crippen LogP contribution in [0.1, 0.15) is 18.4 Å². The van der Waals surface area contributed by atoms with Crippen LogP contribution in [-0.2, 0) is 6.54 Å². The van der Waals surface area contributed by atoms with Crippen molar-refractivity contribution in [3.8, 4) is 0 Å². The number of nitrogens with zero attached hydrogens (tertiary/aromatic N) is 1. The van der Waals surface area contributed by atoms with Gasteiger partial charge in [-0.3, -0.25) is 0 Å². The average molecular weight is 247 g/mol. The van der Waals surface area contributed by atoms with Gasteiger partial charge in [-0.15, -0.1) is 0 Å². The van der Waals surface area contributed by atoms with Gasteiger partial charge in [-0.25, -0.2) is 0 Å². The average Bonchev–Trinajstić information content (AvgIpc) is 2.39. The molecule has 2 aliphatic heterocycles. The molecule has 2 N–H and O–H groups in total. The first kappa shape index (κ1) is 11.0. The maximum atomic E-state index is 5.48. The first-order valence-corrected chi connectivity index (χ1v) is 6.61. The SMILES string of the molecule is S=C1Nc2ccccc2CN1C1CCNCC1. The highest BCUT2D eigenvalue weighted by atomic mass is 32.1. The van der Waals surface area contributed by atoms with Crippen molar-refractivity contribution < 1.29 is 0 Å². The molecule has 0 aliphatic carbocycles. The maximum Gasteiger partial charge on any atom is 0.173 e. The number of piperidine rings is 1. The van der Waals surface area contributed by atoms with Gasteiger partial charge >= 0.3 is 0 Å². The van der Waals surface area contributed by atoms with Crippen molar-refractivity contribution in [3.05, 3.63) is 29.8 Å². The van der Waals surface area contributed by atoms with Crippen LogP contribution in [-0.4, -0.2) is 29.1 Å². The molecule has 1 saturated heterocycles. The first-order chi connectivity index (χ1) is 8.34. The standard InChI is InChI=1S/C13H17N3S/c17-13-15-12-4-2-1-3-10(12)9-16(13)11-5-7-14-8-6-11/h1-4,11,14H,5-9H2,(H,15,17). The molecule has 1 fully saturated rings. The Morgan fingerprint density at radius 2 is 1.94 bits per heavy atom. The number of thiocarbonyl (C=S) groups is 1. The van der Waals surface area contributed by atoms with Gasteiger partial charge < -0.3 is 15.5 Å². The number of benzene rings is 1. The van der Waals surface area contributed by atoms with Crippen molar-refractivity contribution in [2.45, 2.75) is 25.4 Å². The molecule has 3 nitrogen and oxygen atoms in total. The van der Waals surface area contributed by atoms with Gasteiger partial charge in [0.15, 0.2) is 5.11 Å². The van der Waals surface area contributed by atoms with Gasteiger partial charge in [0.2, 0.25) is 0 Å². The highest BCUT2D eigenvalue weighted by molar-refractivity contribution is 7.80. The van der Waals surface area contributed by atoms with Gasteiger partial charge in [0.1, 0.15) is 0 Å². The Bertz CT molecular complexity index is 426. The van der Waals surface area contributed by atoms with Crippen LogP contribution in [0.15, 0.2) is 24.3 Å². The zero-order valence-corrected chi connectivity index (χ0v) is 10.6. The summed E-state index contributed by atoms with van der Waals surface area (Å²) in [5.41, 5.74) is 2.52. The first-order valence-electron chi connectivity index (χ1n) is 6.21. The Kier molecular flexibility index (Phi) is 2.99. The van der Waals surface area contributed by atoms with Crippen molar-refractivity contribution >= 4 is 23.0 Å². The number of fused-ring (bicyclic) bond motifs is 1. The van der Waals surface area contributed by atoms with Crippen molar-refractivity contribution in [2.75, 3.05) is 18.4 Å². The number of rotatable bonds is 1. The zero-order chi connectivity index (χ0) is 11.7. The normalized spacial score (nSPS) is 20.9. The van der Waals surface area contributed by atoms with Crippen LogP contribution in [0.25, 0.3) is 0 Å². The summed E-state index contributed by atoms with van der Waals surface area (Å²) >= 11 is 5.48. The number of anilines is 1. The third kappa shape index (κ3) is 2.15. The van der Waals surface area contributed by atoms with Gasteiger partial charge in [-0.05, 0) is 49.8 Å². The van der Waals surface area contributed by atoms with E-state index in [0.717, 1.165) is 24.7 Å². The Balaban J connectivity index is 1.81. The number of hydrogen-bond acceptors (Lipinski definition) is 2. The molecule has 17 heavy (non-hydrogen) atoms. The summed E-state index contributed by atoms with van der Waals surface area (Å²) < 4.78 is 0. The predicted molar refractivity (Wildman–Crippen MR) is 74.1 cm³/mol. The van der Waals surface area contributed by atoms with E-state index in [4.69, 9.17) is 12.2 Å². The smallest absolute Gasteiger partial charge is 0.173 e. The van der Waals surface area contributed by atoms with Crippen LogP contribution in [0.5, 0.6) is 0 Å². The highest BCUT2D eigenvalue weighted by Gasteiger charge is 2.27. The Hall–Kier alpha value is -1.13. The van der Waals surface area contributed by atoms with Crippen molar-refractivity contribution in [1.82, 2.24) is 10.2 Å². The van der Waals surface area contributed by atoms with Gasteiger partial charge in [0.05, 0.1) is 0 Å². The minimum atomic E-state index is 0.588. The lowest BCUT2D eigenvalue weighted by Crippen LogP contribution is -2.49. The topological polar surface area (TPSA) is 27.3 Å². The molecule has 3 rings (SSSR count). The van der Waals surface area contributed by atoms with Gasteiger partial charge in [-0.1, -0.05) is 18.2 Å². The summed E-state index contributed by atoms with van der Waals surface area (Å²) in [5, 5.41) is 7.63. The molecule has 0 bridgehead atoms. The van der Waals surface area contributed by atoms with Gasteiger partial charge in [0, 0.05) is 18.3 Å². The minimum Gasteiger partial charge on any atom is -0.342 e. The summed E-state index contributed by atoms with van der Waals surface area (Å²) in [4.78, 5) is 2.35. The van der Waals surface area contributed by atoms with E-state index in [1.165, 1.54) is 24.1 Å². The molecule has 1 aromatic rings. The van der Waals surface area contributed by atoms with Gasteiger partial charge in [-0.2, -0.15) is 0 Å². The fourth-order valence-electron chi connectivity index (χ4n) is 2.64. The van der Waals surface area contributed by atoms with Crippen molar-refractivity contribution in [1.29, 1.82) is 0 Å². The lowest BCUT2D eigenvalue weighted by molar-refractivity contribution is 0.247. The molecule has 0 aromatic heterocycles. The lowest BCUT2D eigenvalue weighted by Gasteiger charge is -2.39. The summed E-state index contributed by atoms with van der Waals surface area (Å²) in [6.45, 7) is 3.16. The predicted octanol–water partition coefficient (Wildman–Crippen LogP) is 1.95. The molecule has 2 aliphatic rings. The molecule has 2 heterocycles. The Morgan fingerprint density at radius 3 is 2.76 bits per heavy atom. The molecule has 4 heteroatoms. The van der Waals surface area contributed by atoms with Crippen LogP contribution in [0.2, 0.25) is 0 Å². The fourth-order valence-corrected chi connectivity index (χ4v) is 2.96. The van der Waals surface area contributed by atoms with E-state index in [0.29, 0.717) is 6.04 Å². The molecular formula is C13H17N3S. The molecule has 90 valence electrons. The maximum absolute atomic E-state index is 5.48. The van der Waals surface area contributed by atoms with Crippen LogP contribution in [0.3, 0.4) is 0 Å². The molecule has 0 saturated carbocycles. The molecule has 1 aromatic carbocycles. The largest absolute Gasteiger partial charge is 0.342 e. The highest BCUT2D eigenvalue weighted by Crippen LogP contribution is 2.26. The molecule has 0 radical (unpaired) electrons. The van der Waals surface area contributed by atoms with E-state index in [-0.39, 0.29) is 0 Å². The lowest BCUT2D eigenvalue weighted by atomic mass is 10.0. The van der Waals surface area contributed by atoms with E-state index in [9.17, 15) is 0 Å². The summed E-state index contributed by atoms with van der Waals surface area (Å²) in [7, 11) is 0. The van der Waals surface area contributed by atoms with Crippen LogP contribution >= 0.6 is 12.2 Å². The van der Waals surface area contributed by atoms with E-state index in [1.54, 1.807) is 0 Å². The summed E-state index contributed by atoms with van der Waals surface area (Å²) in [6, 6.07) is 9.01. The van der Waals surface area contributed by atoms with Gasteiger partial charge in [0.25, 0.3) is 0 Å². The van der Waals surface area contributed by atoms with Crippen LogP contribution in [0.4, 0.5) is 5.69 Å².